The Bertz CT molecular complexity index is 563. The molecule has 0 saturated carbocycles. The fraction of sp³-hybridized carbons (Fsp3) is 0.0714. The van der Waals surface area contributed by atoms with E-state index >= 15 is 0 Å². The van der Waals surface area contributed by atoms with E-state index in [4.69, 9.17) is 5.11 Å². The summed E-state index contributed by atoms with van der Waals surface area (Å²) >= 11 is 6.16. The minimum absolute atomic E-state index is 0.129. The number of carbonyl (C=O) groups is 1. The Balaban J connectivity index is 0.000000200. The van der Waals surface area contributed by atoms with E-state index in [0.717, 1.165) is 0 Å². The first-order chi connectivity index (χ1) is 9.44. The summed E-state index contributed by atoms with van der Waals surface area (Å²) in [7, 11) is 0. The van der Waals surface area contributed by atoms with Crippen molar-refractivity contribution in [2.75, 3.05) is 0 Å². The van der Waals surface area contributed by atoms with Crippen LogP contribution in [0.5, 0.6) is 0 Å². The largest absolute Gasteiger partial charge is 0.392 e. The van der Waals surface area contributed by atoms with Crippen molar-refractivity contribution in [3.8, 4) is 0 Å². The van der Waals surface area contributed by atoms with Crippen LogP contribution in [0.3, 0.4) is 0 Å². The maximum absolute atomic E-state index is 12.5. The molecule has 2 nitrogen and oxygen atoms in total. The maximum Gasteiger partial charge on any atom is 0.150 e. The Morgan fingerprint density at radius 1 is 0.950 bits per heavy atom. The molecule has 106 valence electrons. The van der Waals surface area contributed by atoms with E-state index in [9.17, 15) is 13.6 Å². The zero-order chi connectivity index (χ0) is 15.1. The molecule has 0 atom stereocenters. The molecule has 0 saturated heterocycles. The van der Waals surface area contributed by atoms with Gasteiger partial charge >= 0.3 is 0 Å². The third kappa shape index (κ3) is 5.90. The van der Waals surface area contributed by atoms with Crippen LogP contribution < -0.4 is 0 Å². The predicted molar refractivity (Wildman–Crippen MR) is 79.5 cm³/mol. The molecule has 2 rings (SSSR count). The monoisotopic (exact) mass is 406 g/mol. The van der Waals surface area contributed by atoms with Crippen LogP contribution in [-0.2, 0) is 6.61 Å². The van der Waals surface area contributed by atoms with E-state index in [0.29, 0.717) is 26.4 Å². The van der Waals surface area contributed by atoms with Gasteiger partial charge in [-0.15, -0.1) is 0 Å². The number of aldehydes is 1. The molecule has 6 heteroatoms. The average molecular weight is 408 g/mol. The summed E-state index contributed by atoms with van der Waals surface area (Å²) in [6, 6.07) is 8.34. The first-order valence-electron chi connectivity index (χ1n) is 5.41. The zero-order valence-corrected chi connectivity index (χ0v) is 13.3. The van der Waals surface area contributed by atoms with Crippen LogP contribution >= 0.6 is 31.9 Å². The summed E-state index contributed by atoms with van der Waals surface area (Å²) in [6.07, 6.45) is 0.605. The van der Waals surface area contributed by atoms with Crippen molar-refractivity contribution in [3.05, 3.63) is 68.1 Å². The van der Waals surface area contributed by atoms with E-state index in [2.05, 4.69) is 31.9 Å². The van der Waals surface area contributed by atoms with Crippen molar-refractivity contribution in [1.82, 2.24) is 0 Å². The lowest BCUT2D eigenvalue weighted by molar-refractivity contribution is 0.112. The fourth-order valence-electron chi connectivity index (χ4n) is 1.35. The molecule has 0 aliphatic heterocycles. The number of halogens is 4. The topological polar surface area (TPSA) is 37.3 Å². The molecular formula is C14H10Br2F2O2. The maximum atomic E-state index is 12.5. The van der Waals surface area contributed by atoms with E-state index in [1.165, 1.54) is 24.3 Å². The van der Waals surface area contributed by atoms with E-state index in [1.54, 1.807) is 12.1 Å². The number of hydrogen-bond acceptors (Lipinski definition) is 2. The highest BCUT2D eigenvalue weighted by atomic mass is 79.9. The smallest absolute Gasteiger partial charge is 0.150 e. The highest BCUT2D eigenvalue weighted by Crippen LogP contribution is 2.14. The fourth-order valence-corrected chi connectivity index (χ4v) is 2.34. The summed E-state index contributed by atoms with van der Waals surface area (Å²) in [5.41, 5.74) is 0.916. The number of carbonyl (C=O) groups excluding carboxylic acids is 1. The van der Waals surface area contributed by atoms with Gasteiger partial charge in [0.1, 0.15) is 17.9 Å². The quantitative estimate of drug-likeness (QED) is 0.745. The van der Waals surface area contributed by atoms with Crippen LogP contribution in [-0.4, -0.2) is 11.4 Å². The lowest BCUT2D eigenvalue weighted by Gasteiger charge is -1.96. The molecule has 0 bridgehead atoms. The van der Waals surface area contributed by atoms with Gasteiger partial charge < -0.3 is 5.11 Å². The van der Waals surface area contributed by atoms with Crippen molar-refractivity contribution >= 4 is 38.1 Å². The van der Waals surface area contributed by atoms with Crippen molar-refractivity contribution in [3.63, 3.8) is 0 Å². The molecule has 0 fully saturated rings. The molecule has 2 aromatic carbocycles. The van der Waals surface area contributed by atoms with Gasteiger partial charge in [-0.05, 0) is 42.0 Å². The van der Waals surface area contributed by atoms with Crippen molar-refractivity contribution in [1.29, 1.82) is 0 Å². The number of rotatable bonds is 2. The number of aliphatic hydroxyl groups is 1. The molecule has 0 radical (unpaired) electrons. The molecule has 2 aromatic rings. The highest BCUT2D eigenvalue weighted by Gasteiger charge is 1.96. The third-order valence-electron chi connectivity index (χ3n) is 2.13. The molecule has 0 aromatic heterocycles. The van der Waals surface area contributed by atoms with Crippen LogP contribution in [0.15, 0.2) is 45.3 Å². The molecule has 0 amide bonds. The van der Waals surface area contributed by atoms with Crippen LogP contribution in [0, 0.1) is 11.6 Å². The molecule has 1 N–H and O–H groups in total. The Morgan fingerprint density at radius 2 is 1.50 bits per heavy atom. The van der Waals surface area contributed by atoms with Crippen molar-refractivity contribution in [2.45, 2.75) is 6.61 Å². The van der Waals surface area contributed by atoms with Gasteiger partial charge in [0.15, 0.2) is 0 Å². The third-order valence-corrected chi connectivity index (χ3v) is 3.04. The number of hydrogen-bond donors (Lipinski definition) is 1. The van der Waals surface area contributed by atoms with Gasteiger partial charge in [-0.3, -0.25) is 4.79 Å². The predicted octanol–water partition coefficient (Wildman–Crippen LogP) is 4.48. The summed E-state index contributed by atoms with van der Waals surface area (Å²) in [4.78, 5) is 10.1. The molecule has 0 heterocycles. The van der Waals surface area contributed by atoms with Gasteiger partial charge in [0.05, 0.1) is 6.61 Å². The summed E-state index contributed by atoms with van der Waals surface area (Å²) in [6.45, 7) is -0.129. The summed E-state index contributed by atoms with van der Waals surface area (Å²) in [5.74, 6) is -0.741. The Labute approximate surface area is 131 Å². The van der Waals surface area contributed by atoms with Crippen LogP contribution in [0.25, 0.3) is 0 Å². The Hall–Kier alpha value is -1.11. The van der Waals surface area contributed by atoms with Gasteiger partial charge in [0.2, 0.25) is 0 Å². The van der Waals surface area contributed by atoms with Crippen LogP contribution in [0.4, 0.5) is 8.78 Å². The van der Waals surface area contributed by atoms with E-state index < -0.39 is 5.82 Å². The standard InChI is InChI=1S/C7H6BrFO.C7H4BrFO/c2*8-6-1-5(4-10)2-7(9)3-6/h1-3,10H,4H2;1-4H. The average Bonchev–Trinajstić information content (AvgIpc) is 2.37. The normalized spacial score (nSPS) is 9.65. The summed E-state index contributed by atoms with van der Waals surface area (Å²) in [5, 5.41) is 8.60. The van der Waals surface area contributed by atoms with Gasteiger partial charge in [-0.2, -0.15) is 0 Å². The zero-order valence-electron chi connectivity index (χ0n) is 10.1. The van der Waals surface area contributed by atoms with E-state index in [1.807, 2.05) is 0 Å². The minimum Gasteiger partial charge on any atom is -0.392 e. The molecular weight excluding hydrogens is 398 g/mol. The number of aliphatic hydroxyl groups excluding tert-OH is 1. The SMILES string of the molecule is O=Cc1cc(F)cc(Br)c1.OCc1cc(F)cc(Br)c1. The lowest BCUT2D eigenvalue weighted by Crippen LogP contribution is -1.84. The van der Waals surface area contributed by atoms with Gasteiger partial charge in [0, 0.05) is 14.5 Å². The second-order valence-electron chi connectivity index (χ2n) is 3.76. The van der Waals surface area contributed by atoms with Crippen molar-refractivity contribution < 1.29 is 18.7 Å². The first-order valence-corrected chi connectivity index (χ1v) is 7.00. The minimum atomic E-state index is -0.406. The van der Waals surface area contributed by atoms with E-state index in [-0.39, 0.29) is 12.4 Å². The molecule has 20 heavy (non-hydrogen) atoms. The van der Waals surface area contributed by atoms with Gasteiger partial charge in [0.25, 0.3) is 0 Å². The highest BCUT2D eigenvalue weighted by molar-refractivity contribution is 9.10. The molecule has 0 unspecified atom stereocenters. The molecule has 0 spiro atoms. The van der Waals surface area contributed by atoms with Crippen LogP contribution in [0.1, 0.15) is 15.9 Å². The lowest BCUT2D eigenvalue weighted by atomic mass is 10.2. The van der Waals surface area contributed by atoms with Gasteiger partial charge in [-0.1, -0.05) is 31.9 Å². The number of benzene rings is 2. The van der Waals surface area contributed by atoms with Gasteiger partial charge in [-0.25, -0.2) is 8.78 Å². The Kier molecular flexibility index (Phi) is 6.98. The Morgan fingerprint density at radius 3 is 1.95 bits per heavy atom. The van der Waals surface area contributed by atoms with Crippen LogP contribution in [0.2, 0.25) is 0 Å². The second-order valence-corrected chi connectivity index (χ2v) is 5.59. The summed E-state index contributed by atoms with van der Waals surface area (Å²) < 4.78 is 26.1. The molecule has 0 aliphatic carbocycles. The van der Waals surface area contributed by atoms with Crippen molar-refractivity contribution in [2.24, 2.45) is 0 Å². The first kappa shape index (κ1) is 16.9. The molecule has 0 aliphatic rings. The second kappa shape index (κ2) is 8.24.